The molecule has 15 heavy (non-hydrogen) atoms. The zero-order valence-corrected chi connectivity index (χ0v) is 8.95. The van der Waals surface area contributed by atoms with E-state index in [4.69, 9.17) is 11.6 Å². The fourth-order valence-electron chi connectivity index (χ4n) is 1.40. The Labute approximate surface area is 91.9 Å². The van der Waals surface area contributed by atoms with Gasteiger partial charge in [-0.3, -0.25) is 4.79 Å². The van der Waals surface area contributed by atoms with E-state index in [1.165, 1.54) is 6.92 Å². The van der Waals surface area contributed by atoms with Gasteiger partial charge in [-0.2, -0.15) is 0 Å². The highest BCUT2D eigenvalue weighted by molar-refractivity contribution is 6.31. The van der Waals surface area contributed by atoms with E-state index in [-0.39, 0.29) is 5.91 Å². The van der Waals surface area contributed by atoms with E-state index in [0.29, 0.717) is 11.6 Å². The van der Waals surface area contributed by atoms with Crippen molar-refractivity contribution in [2.24, 2.45) is 0 Å². The largest absolute Gasteiger partial charge is 0.352 e. The predicted octanol–water partition coefficient (Wildman–Crippen LogP) is 1.62. The Balaban J connectivity index is 2.42. The van der Waals surface area contributed by atoms with E-state index in [1.807, 2.05) is 16.8 Å². The molecule has 0 bridgehead atoms. The molecule has 1 amide bonds. The third kappa shape index (κ3) is 1.94. The topological polar surface area (TPSA) is 46.4 Å². The molecule has 0 aliphatic carbocycles. The molecular formula is C10H10ClN3O. The molecule has 2 aromatic rings. The number of aromatic nitrogens is 2. The molecule has 0 radical (unpaired) electrons. The minimum Gasteiger partial charge on any atom is -0.352 e. The van der Waals surface area contributed by atoms with Crippen LogP contribution >= 0.6 is 11.6 Å². The lowest BCUT2D eigenvalue weighted by Gasteiger charge is -2.06. The van der Waals surface area contributed by atoms with Gasteiger partial charge in [0.2, 0.25) is 5.91 Å². The summed E-state index contributed by atoms with van der Waals surface area (Å²) in [6, 6.07) is 1.79. The summed E-state index contributed by atoms with van der Waals surface area (Å²) >= 11 is 6.04. The van der Waals surface area contributed by atoms with Gasteiger partial charge in [-0.25, -0.2) is 4.98 Å². The third-order valence-electron chi connectivity index (χ3n) is 2.12. The first-order chi connectivity index (χ1) is 7.18. The van der Waals surface area contributed by atoms with Gasteiger partial charge in [-0.05, 0) is 6.07 Å². The smallest absolute Gasteiger partial charge is 0.217 e. The van der Waals surface area contributed by atoms with Gasteiger partial charge in [0.15, 0.2) is 0 Å². The monoisotopic (exact) mass is 223 g/mol. The second-order valence-corrected chi connectivity index (χ2v) is 3.62. The molecule has 0 spiro atoms. The molecule has 0 saturated carbocycles. The summed E-state index contributed by atoms with van der Waals surface area (Å²) in [5, 5.41) is 3.32. The van der Waals surface area contributed by atoms with Gasteiger partial charge in [0.05, 0.1) is 5.02 Å². The van der Waals surface area contributed by atoms with Gasteiger partial charge in [-0.15, -0.1) is 0 Å². The first-order valence-electron chi connectivity index (χ1n) is 4.53. The summed E-state index contributed by atoms with van der Waals surface area (Å²) in [5.41, 5.74) is 1.61. The van der Waals surface area contributed by atoms with Crippen LogP contribution in [0.2, 0.25) is 5.02 Å². The van der Waals surface area contributed by atoms with E-state index in [2.05, 4.69) is 10.3 Å². The van der Waals surface area contributed by atoms with Crippen molar-refractivity contribution in [3.05, 3.63) is 35.2 Å². The maximum Gasteiger partial charge on any atom is 0.217 e. The molecule has 4 nitrogen and oxygen atoms in total. The molecular weight excluding hydrogens is 214 g/mol. The summed E-state index contributed by atoms with van der Waals surface area (Å²) in [6.45, 7) is 1.87. The van der Waals surface area contributed by atoms with Gasteiger partial charge in [0.1, 0.15) is 5.65 Å². The normalized spacial score (nSPS) is 10.5. The van der Waals surface area contributed by atoms with Crippen molar-refractivity contribution in [1.82, 2.24) is 14.7 Å². The second kappa shape index (κ2) is 3.90. The Morgan fingerprint density at radius 1 is 1.60 bits per heavy atom. The van der Waals surface area contributed by atoms with Gasteiger partial charge in [0, 0.05) is 37.6 Å². The summed E-state index contributed by atoms with van der Waals surface area (Å²) < 4.78 is 1.86. The molecule has 78 valence electrons. The number of hydrogen-bond acceptors (Lipinski definition) is 2. The number of amides is 1. The van der Waals surface area contributed by atoms with E-state index >= 15 is 0 Å². The summed E-state index contributed by atoms with van der Waals surface area (Å²) in [6.07, 6.45) is 5.37. The Morgan fingerprint density at radius 2 is 2.40 bits per heavy atom. The highest BCUT2D eigenvalue weighted by atomic mass is 35.5. The molecule has 2 aromatic heterocycles. The summed E-state index contributed by atoms with van der Waals surface area (Å²) in [4.78, 5) is 15.0. The molecule has 5 heteroatoms. The molecule has 0 aliphatic heterocycles. The lowest BCUT2D eigenvalue weighted by Crippen LogP contribution is -2.19. The van der Waals surface area contributed by atoms with Crippen LogP contribution in [0.1, 0.15) is 12.5 Å². The molecule has 2 heterocycles. The number of halogens is 1. The Hall–Kier alpha value is -1.55. The molecule has 1 N–H and O–H groups in total. The van der Waals surface area contributed by atoms with E-state index in [1.54, 1.807) is 12.3 Å². The van der Waals surface area contributed by atoms with Crippen LogP contribution in [0.25, 0.3) is 5.65 Å². The number of nitrogens with one attached hydrogen (secondary N) is 1. The summed E-state index contributed by atoms with van der Waals surface area (Å²) in [7, 11) is 0. The first kappa shape index (κ1) is 9.98. The number of pyridine rings is 1. The lowest BCUT2D eigenvalue weighted by molar-refractivity contribution is -0.119. The maximum absolute atomic E-state index is 10.8. The molecule has 0 aromatic carbocycles. The van der Waals surface area contributed by atoms with Crippen LogP contribution in [-0.4, -0.2) is 15.3 Å². The number of carbonyl (C=O) groups excluding carboxylic acids is 1. The molecule has 0 aliphatic rings. The van der Waals surface area contributed by atoms with Crippen molar-refractivity contribution in [2.45, 2.75) is 13.5 Å². The van der Waals surface area contributed by atoms with Crippen molar-refractivity contribution < 1.29 is 4.79 Å². The Morgan fingerprint density at radius 3 is 3.13 bits per heavy atom. The van der Waals surface area contributed by atoms with Crippen LogP contribution in [0, 0.1) is 0 Å². The van der Waals surface area contributed by atoms with Crippen molar-refractivity contribution in [3.8, 4) is 0 Å². The van der Waals surface area contributed by atoms with Crippen molar-refractivity contribution >= 4 is 23.2 Å². The van der Waals surface area contributed by atoms with Gasteiger partial charge < -0.3 is 9.72 Å². The zero-order valence-electron chi connectivity index (χ0n) is 8.20. The van der Waals surface area contributed by atoms with E-state index in [9.17, 15) is 4.79 Å². The number of fused-ring (bicyclic) bond motifs is 1. The van der Waals surface area contributed by atoms with Crippen LogP contribution in [0.3, 0.4) is 0 Å². The number of imidazole rings is 1. The number of hydrogen-bond donors (Lipinski definition) is 1. The van der Waals surface area contributed by atoms with Gasteiger partial charge in [0.25, 0.3) is 0 Å². The maximum atomic E-state index is 10.8. The van der Waals surface area contributed by atoms with Gasteiger partial charge in [-0.1, -0.05) is 11.6 Å². The number of carbonyl (C=O) groups is 1. The summed E-state index contributed by atoms with van der Waals surface area (Å²) in [5.74, 6) is -0.0837. The van der Waals surface area contributed by atoms with Gasteiger partial charge >= 0.3 is 0 Å². The Kier molecular flexibility index (Phi) is 2.60. The molecule has 0 unspecified atom stereocenters. The fraction of sp³-hybridized carbons (Fsp3) is 0.200. The quantitative estimate of drug-likeness (QED) is 0.841. The first-order valence-corrected chi connectivity index (χ1v) is 4.91. The van der Waals surface area contributed by atoms with Crippen molar-refractivity contribution in [3.63, 3.8) is 0 Å². The zero-order chi connectivity index (χ0) is 10.8. The van der Waals surface area contributed by atoms with Crippen LogP contribution < -0.4 is 5.32 Å². The average molecular weight is 224 g/mol. The lowest BCUT2D eigenvalue weighted by atomic mass is 10.2. The van der Waals surface area contributed by atoms with Crippen LogP contribution in [0.5, 0.6) is 0 Å². The van der Waals surface area contributed by atoms with E-state index in [0.717, 1.165) is 11.2 Å². The highest BCUT2D eigenvalue weighted by Crippen LogP contribution is 2.19. The molecule has 0 fully saturated rings. The van der Waals surface area contributed by atoms with Crippen molar-refractivity contribution in [1.29, 1.82) is 0 Å². The SMILES string of the molecule is CC(=O)NCc1c(Cl)ccn2ccnc12. The van der Waals surface area contributed by atoms with Crippen LogP contribution in [-0.2, 0) is 11.3 Å². The number of rotatable bonds is 2. The number of nitrogens with zero attached hydrogens (tertiary/aromatic N) is 2. The average Bonchev–Trinajstić information content (AvgIpc) is 2.63. The predicted molar refractivity (Wildman–Crippen MR) is 57.7 cm³/mol. The highest BCUT2D eigenvalue weighted by Gasteiger charge is 2.07. The standard InChI is InChI=1S/C10H10ClN3O/c1-7(15)13-6-8-9(11)2-4-14-5-3-12-10(8)14/h2-5H,6H2,1H3,(H,13,15). The fourth-order valence-corrected chi connectivity index (χ4v) is 1.60. The van der Waals surface area contributed by atoms with E-state index < -0.39 is 0 Å². The molecule has 0 atom stereocenters. The minimum absolute atomic E-state index is 0.0837. The van der Waals surface area contributed by atoms with Crippen molar-refractivity contribution in [2.75, 3.05) is 0 Å². The van der Waals surface area contributed by atoms with Crippen LogP contribution in [0.4, 0.5) is 0 Å². The second-order valence-electron chi connectivity index (χ2n) is 3.21. The molecule has 0 saturated heterocycles. The third-order valence-corrected chi connectivity index (χ3v) is 2.48. The minimum atomic E-state index is -0.0837. The Bertz CT molecular complexity index is 506. The van der Waals surface area contributed by atoms with Crippen LogP contribution in [0.15, 0.2) is 24.7 Å². The molecule has 2 rings (SSSR count).